The second-order valence-electron chi connectivity index (χ2n) is 8.92. The lowest BCUT2D eigenvalue weighted by molar-refractivity contribution is -0.236. The van der Waals surface area contributed by atoms with Crippen molar-refractivity contribution in [2.75, 3.05) is 37.6 Å². The van der Waals surface area contributed by atoms with E-state index >= 15 is 0 Å². The largest absolute Gasteiger partial charge is 0.418 e. The van der Waals surface area contributed by atoms with Crippen molar-refractivity contribution in [1.82, 2.24) is 10.6 Å². The number of nitriles is 1. The second-order valence-corrected chi connectivity index (χ2v) is 8.92. The van der Waals surface area contributed by atoms with Gasteiger partial charge in [-0.1, -0.05) is 50.2 Å². The molecule has 2 unspecified atom stereocenters. The molecule has 0 aliphatic carbocycles. The molecule has 1 amide bonds. The van der Waals surface area contributed by atoms with Crippen molar-refractivity contribution >= 4 is 11.6 Å². The Hall–Kier alpha value is -3.09. The second kappa shape index (κ2) is 12.0. The first-order valence-corrected chi connectivity index (χ1v) is 11.7. The van der Waals surface area contributed by atoms with Crippen LogP contribution in [0.2, 0.25) is 0 Å². The number of piperazine rings is 1. The fourth-order valence-electron chi connectivity index (χ4n) is 4.15. The van der Waals surface area contributed by atoms with Gasteiger partial charge in [0.15, 0.2) is 6.10 Å². The lowest BCUT2D eigenvalue weighted by Gasteiger charge is -2.30. The molecule has 2 atom stereocenters. The standard InChI is InChI=1S/C26H31F3N4O2/c1-18(2)17-23(25(34)32-12-11-30)35-24(26(27,28)29)22-6-4-3-5-21(22)19-7-9-20(10-8-19)33-15-13-31-14-16-33/h3-10,18,23-24,31H,12-17H2,1-2H3,(H,32,34). The molecule has 1 aliphatic rings. The summed E-state index contributed by atoms with van der Waals surface area (Å²) in [6.45, 7) is 6.79. The number of carbonyl (C=O) groups excluding carboxylic acids is 1. The summed E-state index contributed by atoms with van der Waals surface area (Å²) in [4.78, 5) is 14.7. The number of anilines is 1. The lowest BCUT2D eigenvalue weighted by atomic mass is 9.95. The fraction of sp³-hybridized carbons (Fsp3) is 0.462. The van der Waals surface area contributed by atoms with Crippen LogP contribution in [0.4, 0.5) is 18.9 Å². The SMILES string of the molecule is CC(C)CC(OC(c1ccccc1-c1ccc(N2CCNCC2)cc1)C(F)(F)F)C(=O)NCC#N. The van der Waals surface area contributed by atoms with Crippen LogP contribution in [0.25, 0.3) is 11.1 Å². The van der Waals surface area contributed by atoms with E-state index in [1.807, 2.05) is 24.3 Å². The Morgan fingerprint density at radius 1 is 1.14 bits per heavy atom. The summed E-state index contributed by atoms with van der Waals surface area (Å²) in [7, 11) is 0. The summed E-state index contributed by atoms with van der Waals surface area (Å²) in [6.07, 6.45) is -8.31. The van der Waals surface area contributed by atoms with Gasteiger partial charge in [-0.25, -0.2) is 0 Å². The monoisotopic (exact) mass is 488 g/mol. The number of halogens is 3. The third-order valence-corrected chi connectivity index (χ3v) is 5.82. The topological polar surface area (TPSA) is 77.4 Å². The minimum Gasteiger partial charge on any atom is -0.369 e. The van der Waals surface area contributed by atoms with E-state index in [1.165, 1.54) is 12.1 Å². The van der Waals surface area contributed by atoms with Crippen LogP contribution in [0.1, 0.15) is 31.9 Å². The van der Waals surface area contributed by atoms with Gasteiger partial charge in [0, 0.05) is 31.9 Å². The Morgan fingerprint density at radius 3 is 2.40 bits per heavy atom. The number of alkyl halides is 3. The van der Waals surface area contributed by atoms with Gasteiger partial charge in [-0.3, -0.25) is 4.79 Å². The first-order valence-electron chi connectivity index (χ1n) is 11.7. The summed E-state index contributed by atoms with van der Waals surface area (Å²) in [5.74, 6) is -0.818. The average Bonchev–Trinajstić information content (AvgIpc) is 2.85. The lowest BCUT2D eigenvalue weighted by Crippen LogP contribution is -2.43. The van der Waals surface area contributed by atoms with Crippen LogP contribution >= 0.6 is 0 Å². The van der Waals surface area contributed by atoms with Crippen molar-refractivity contribution in [3.05, 3.63) is 54.1 Å². The molecule has 0 aromatic heterocycles. The van der Waals surface area contributed by atoms with Crippen LogP contribution in [-0.4, -0.2) is 50.9 Å². The molecule has 0 spiro atoms. The van der Waals surface area contributed by atoms with Gasteiger partial charge < -0.3 is 20.3 Å². The van der Waals surface area contributed by atoms with Gasteiger partial charge in [-0.05, 0) is 41.2 Å². The van der Waals surface area contributed by atoms with Gasteiger partial charge >= 0.3 is 6.18 Å². The number of hydrogen-bond donors (Lipinski definition) is 2. The quantitative estimate of drug-likeness (QED) is 0.511. The van der Waals surface area contributed by atoms with Crippen molar-refractivity contribution in [3.8, 4) is 17.2 Å². The molecule has 6 nitrogen and oxygen atoms in total. The Labute approximate surface area is 204 Å². The molecule has 188 valence electrons. The summed E-state index contributed by atoms with van der Waals surface area (Å²) >= 11 is 0. The molecule has 3 rings (SSSR count). The zero-order valence-corrected chi connectivity index (χ0v) is 19.9. The zero-order valence-electron chi connectivity index (χ0n) is 19.9. The van der Waals surface area contributed by atoms with E-state index in [2.05, 4.69) is 15.5 Å². The van der Waals surface area contributed by atoms with Crippen LogP contribution in [0.15, 0.2) is 48.5 Å². The zero-order chi connectivity index (χ0) is 25.4. The summed E-state index contributed by atoms with van der Waals surface area (Å²) in [5, 5.41) is 14.4. The van der Waals surface area contributed by atoms with Gasteiger partial charge in [-0.15, -0.1) is 0 Å². The Kier molecular flexibility index (Phi) is 9.13. The highest BCUT2D eigenvalue weighted by atomic mass is 19.4. The van der Waals surface area contributed by atoms with Gasteiger partial charge in [-0.2, -0.15) is 18.4 Å². The van der Waals surface area contributed by atoms with Crippen molar-refractivity contribution in [2.24, 2.45) is 5.92 Å². The van der Waals surface area contributed by atoms with E-state index in [1.54, 1.807) is 32.0 Å². The molecule has 0 bridgehead atoms. The van der Waals surface area contributed by atoms with Gasteiger partial charge in [0.25, 0.3) is 0 Å². The number of hydrogen-bond acceptors (Lipinski definition) is 5. The number of ether oxygens (including phenoxy) is 1. The van der Waals surface area contributed by atoms with Gasteiger partial charge in [0.1, 0.15) is 12.6 Å². The highest BCUT2D eigenvalue weighted by molar-refractivity contribution is 5.81. The third kappa shape index (κ3) is 7.20. The fourth-order valence-corrected chi connectivity index (χ4v) is 4.15. The number of rotatable bonds is 9. The van der Waals surface area contributed by atoms with E-state index in [0.717, 1.165) is 31.9 Å². The smallest absolute Gasteiger partial charge is 0.369 e. The molecule has 0 radical (unpaired) electrons. The maximum atomic E-state index is 14.3. The van der Waals surface area contributed by atoms with Crippen LogP contribution in [0.3, 0.4) is 0 Å². The molecule has 35 heavy (non-hydrogen) atoms. The van der Waals surface area contributed by atoms with Crippen LogP contribution in [0.5, 0.6) is 0 Å². The highest BCUT2D eigenvalue weighted by Gasteiger charge is 2.45. The summed E-state index contributed by atoms with van der Waals surface area (Å²) in [5.41, 5.74) is 1.98. The maximum Gasteiger partial charge on any atom is 0.418 e. The predicted molar refractivity (Wildman–Crippen MR) is 129 cm³/mol. The predicted octanol–water partition coefficient (Wildman–Crippen LogP) is 4.44. The highest BCUT2D eigenvalue weighted by Crippen LogP contribution is 2.42. The van der Waals surface area contributed by atoms with Crippen molar-refractivity contribution in [3.63, 3.8) is 0 Å². The number of amides is 1. The normalized spacial score (nSPS) is 16.0. The average molecular weight is 489 g/mol. The number of carbonyl (C=O) groups is 1. The van der Waals surface area contributed by atoms with Crippen molar-refractivity contribution in [2.45, 2.75) is 38.7 Å². The van der Waals surface area contributed by atoms with Gasteiger partial charge in [0.05, 0.1) is 6.07 Å². The summed E-state index contributed by atoms with van der Waals surface area (Å²) in [6, 6.07) is 15.5. The molecule has 1 saturated heterocycles. The molecule has 1 fully saturated rings. The van der Waals surface area contributed by atoms with Crippen LogP contribution < -0.4 is 15.5 Å². The van der Waals surface area contributed by atoms with E-state index in [-0.39, 0.29) is 24.4 Å². The van der Waals surface area contributed by atoms with Gasteiger partial charge in [0.2, 0.25) is 5.91 Å². The molecule has 0 saturated carbocycles. The van der Waals surface area contributed by atoms with E-state index < -0.39 is 24.3 Å². The molecule has 2 aromatic rings. The summed E-state index contributed by atoms with van der Waals surface area (Å²) < 4.78 is 48.4. The maximum absolute atomic E-state index is 14.3. The number of nitrogens with one attached hydrogen (secondary N) is 2. The number of benzene rings is 2. The molecule has 2 aromatic carbocycles. The molecule has 1 heterocycles. The minimum absolute atomic E-state index is 0.0586. The first kappa shape index (κ1) is 26.5. The van der Waals surface area contributed by atoms with E-state index in [9.17, 15) is 18.0 Å². The van der Waals surface area contributed by atoms with E-state index in [4.69, 9.17) is 10.00 Å². The minimum atomic E-state index is -4.75. The Bertz CT molecular complexity index is 1010. The van der Waals surface area contributed by atoms with Crippen LogP contribution in [0, 0.1) is 17.2 Å². The van der Waals surface area contributed by atoms with Crippen molar-refractivity contribution < 1.29 is 22.7 Å². The Morgan fingerprint density at radius 2 is 1.80 bits per heavy atom. The third-order valence-electron chi connectivity index (χ3n) is 5.82. The molecular weight excluding hydrogens is 457 g/mol. The molecule has 9 heteroatoms. The number of nitrogens with zero attached hydrogens (tertiary/aromatic N) is 2. The van der Waals surface area contributed by atoms with Crippen molar-refractivity contribution in [1.29, 1.82) is 5.26 Å². The molecule has 1 aliphatic heterocycles. The first-order chi connectivity index (χ1) is 16.7. The van der Waals surface area contributed by atoms with Crippen LogP contribution in [-0.2, 0) is 9.53 Å². The Balaban J connectivity index is 1.93. The van der Waals surface area contributed by atoms with E-state index in [0.29, 0.717) is 11.1 Å². The molecule has 2 N–H and O–H groups in total. The molecular formula is C26H31F3N4O2.